The van der Waals surface area contributed by atoms with Gasteiger partial charge in [-0.2, -0.15) is 0 Å². The SMILES string of the molecule is CC(C)[C@@H]1C[C@@H](CC(=O)NCc2ccc3c(c2)OCO3)CCO1. The topological polar surface area (TPSA) is 56.8 Å². The summed E-state index contributed by atoms with van der Waals surface area (Å²) in [5.41, 5.74) is 1.02. The highest BCUT2D eigenvalue weighted by atomic mass is 16.7. The van der Waals surface area contributed by atoms with Crippen molar-refractivity contribution < 1.29 is 19.0 Å². The molecule has 0 aromatic heterocycles. The van der Waals surface area contributed by atoms with E-state index < -0.39 is 0 Å². The first-order valence-corrected chi connectivity index (χ1v) is 8.38. The lowest BCUT2D eigenvalue weighted by Crippen LogP contribution is -2.33. The van der Waals surface area contributed by atoms with Crippen molar-refractivity contribution in [3.8, 4) is 11.5 Å². The number of nitrogens with one attached hydrogen (secondary N) is 1. The van der Waals surface area contributed by atoms with Crippen molar-refractivity contribution in [2.75, 3.05) is 13.4 Å². The second-order valence-electron chi connectivity index (χ2n) is 6.71. The van der Waals surface area contributed by atoms with Crippen LogP contribution in [0.25, 0.3) is 0 Å². The van der Waals surface area contributed by atoms with Crippen LogP contribution in [0, 0.1) is 11.8 Å². The largest absolute Gasteiger partial charge is 0.454 e. The molecule has 2 aliphatic rings. The summed E-state index contributed by atoms with van der Waals surface area (Å²) in [5.74, 6) is 2.56. The molecule has 126 valence electrons. The molecular formula is C18H25NO4. The Balaban J connectivity index is 1.46. The molecule has 5 nitrogen and oxygen atoms in total. The minimum absolute atomic E-state index is 0.108. The Labute approximate surface area is 137 Å². The number of benzene rings is 1. The van der Waals surface area contributed by atoms with Crippen LogP contribution in [-0.2, 0) is 16.1 Å². The Bertz CT molecular complexity index is 558. The van der Waals surface area contributed by atoms with Crippen LogP contribution in [0.4, 0.5) is 0 Å². The molecule has 23 heavy (non-hydrogen) atoms. The average molecular weight is 319 g/mol. The highest BCUT2D eigenvalue weighted by Crippen LogP contribution is 2.32. The number of hydrogen-bond acceptors (Lipinski definition) is 4. The minimum atomic E-state index is 0.108. The molecule has 0 aliphatic carbocycles. The quantitative estimate of drug-likeness (QED) is 0.906. The van der Waals surface area contributed by atoms with E-state index in [0.29, 0.717) is 24.8 Å². The van der Waals surface area contributed by atoms with Crippen LogP contribution in [0.3, 0.4) is 0 Å². The molecule has 2 aliphatic heterocycles. The molecule has 0 radical (unpaired) electrons. The molecule has 1 fully saturated rings. The van der Waals surface area contributed by atoms with Gasteiger partial charge in [0.1, 0.15) is 0 Å². The van der Waals surface area contributed by atoms with Crippen LogP contribution in [0.1, 0.15) is 38.7 Å². The van der Waals surface area contributed by atoms with Crippen molar-refractivity contribution in [2.24, 2.45) is 11.8 Å². The molecule has 0 saturated carbocycles. The maximum Gasteiger partial charge on any atom is 0.231 e. The first-order valence-electron chi connectivity index (χ1n) is 8.38. The predicted octanol–water partition coefficient (Wildman–Crippen LogP) is 2.87. The summed E-state index contributed by atoms with van der Waals surface area (Å²) in [4.78, 5) is 12.2. The predicted molar refractivity (Wildman–Crippen MR) is 86.3 cm³/mol. The molecular weight excluding hydrogens is 294 g/mol. The van der Waals surface area contributed by atoms with Gasteiger partial charge in [-0.25, -0.2) is 0 Å². The molecule has 1 aromatic rings. The zero-order valence-electron chi connectivity index (χ0n) is 13.8. The lowest BCUT2D eigenvalue weighted by Gasteiger charge is -2.31. The van der Waals surface area contributed by atoms with Crippen molar-refractivity contribution in [1.29, 1.82) is 0 Å². The van der Waals surface area contributed by atoms with Crippen molar-refractivity contribution in [1.82, 2.24) is 5.32 Å². The number of fused-ring (bicyclic) bond motifs is 1. The van der Waals surface area contributed by atoms with E-state index in [1.54, 1.807) is 0 Å². The van der Waals surface area contributed by atoms with Crippen molar-refractivity contribution in [3.63, 3.8) is 0 Å². The lowest BCUT2D eigenvalue weighted by molar-refractivity contribution is -0.123. The van der Waals surface area contributed by atoms with Gasteiger partial charge in [0.05, 0.1) is 6.10 Å². The average Bonchev–Trinajstić information content (AvgIpc) is 3.01. The first kappa shape index (κ1) is 16.1. The van der Waals surface area contributed by atoms with Gasteiger partial charge in [-0.1, -0.05) is 19.9 Å². The molecule has 1 N–H and O–H groups in total. The molecule has 2 atom stereocenters. The van der Waals surface area contributed by atoms with E-state index in [4.69, 9.17) is 14.2 Å². The van der Waals surface area contributed by atoms with E-state index in [0.717, 1.165) is 36.5 Å². The van der Waals surface area contributed by atoms with Gasteiger partial charge in [-0.15, -0.1) is 0 Å². The van der Waals surface area contributed by atoms with E-state index in [1.807, 2.05) is 18.2 Å². The number of carbonyl (C=O) groups excluding carboxylic acids is 1. The normalized spacial score (nSPS) is 23.1. The van der Waals surface area contributed by atoms with Gasteiger partial charge in [-0.3, -0.25) is 4.79 Å². The minimum Gasteiger partial charge on any atom is -0.454 e. The molecule has 2 heterocycles. The molecule has 1 aromatic carbocycles. The highest BCUT2D eigenvalue weighted by molar-refractivity contribution is 5.76. The van der Waals surface area contributed by atoms with E-state index >= 15 is 0 Å². The monoisotopic (exact) mass is 319 g/mol. The number of hydrogen-bond donors (Lipinski definition) is 1. The van der Waals surface area contributed by atoms with Gasteiger partial charge in [0.2, 0.25) is 12.7 Å². The Hall–Kier alpha value is -1.75. The summed E-state index contributed by atoms with van der Waals surface area (Å²) in [5, 5.41) is 3.01. The van der Waals surface area contributed by atoms with E-state index in [2.05, 4.69) is 19.2 Å². The Morgan fingerprint density at radius 3 is 2.96 bits per heavy atom. The number of ether oxygens (including phenoxy) is 3. The first-order chi connectivity index (χ1) is 11.1. The lowest BCUT2D eigenvalue weighted by atomic mass is 9.88. The molecule has 5 heteroatoms. The van der Waals surface area contributed by atoms with E-state index in [-0.39, 0.29) is 18.8 Å². The second-order valence-corrected chi connectivity index (χ2v) is 6.71. The Morgan fingerprint density at radius 1 is 1.30 bits per heavy atom. The van der Waals surface area contributed by atoms with Gasteiger partial charge in [0.25, 0.3) is 0 Å². The van der Waals surface area contributed by atoms with Crippen LogP contribution in [0.2, 0.25) is 0 Å². The van der Waals surface area contributed by atoms with Gasteiger partial charge in [0.15, 0.2) is 11.5 Å². The Morgan fingerprint density at radius 2 is 2.13 bits per heavy atom. The number of amides is 1. The summed E-state index contributed by atoms with van der Waals surface area (Å²) < 4.78 is 16.4. The molecule has 0 spiro atoms. The van der Waals surface area contributed by atoms with Crippen molar-refractivity contribution >= 4 is 5.91 Å². The zero-order chi connectivity index (χ0) is 16.2. The van der Waals surface area contributed by atoms with Gasteiger partial charge >= 0.3 is 0 Å². The van der Waals surface area contributed by atoms with Crippen LogP contribution >= 0.6 is 0 Å². The summed E-state index contributed by atoms with van der Waals surface area (Å²) in [7, 11) is 0. The molecule has 0 bridgehead atoms. The smallest absolute Gasteiger partial charge is 0.231 e. The van der Waals surface area contributed by atoms with Gasteiger partial charge < -0.3 is 19.5 Å². The van der Waals surface area contributed by atoms with E-state index in [1.165, 1.54) is 0 Å². The summed E-state index contributed by atoms with van der Waals surface area (Å²) >= 11 is 0. The number of rotatable bonds is 5. The molecule has 0 unspecified atom stereocenters. The highest BCUT2D eigenvalue weighted by Gasteiger charge is 2.26. The third kappa shape index (κ3) is 4.16. The van der Waals surface area contributed by atoms with E-state index in [9.17, 15) is 4.79 Å². The summed E-state index contributed by atoms with van der Waals surface area (Å²) in [6.07, 6.45) is 2.82. The maximum atomic E-state index is 12.2. The number of carbonyl (C=O) groups is 1. The van der Waals surface area contributed by atoms with Gasteiger partial charge in [-0.05, 0) is 42.4 Å². The molecule has 3 rings (SSSR count). The van der Waals surface area contributed by atoms with Crippen molar-refractivity contribution in [3.05, 3.63) is 23.8 Å². The van der Waals surface area contributed by atoms with Crippen LogP contribution < -0.4 is 14.8 Å². The van der Waals surface area contributed by atoms with Crippen LogP contribution in [0.15, 0.2) is 18.2 Å². The zero-order valence-corrected chi connectivity index (χ0v) is 13.8. The second kappa shape index (κ2) is 7.21. The summed E-state index contributed by atoms with van der Waals surface area (Å²) in [6.45, 7) is 5.90. The van der Waals surface area contributed by atoms with Gasteiger partial charge in [0, 0.05) is 19.6 Å². The van der Waals surface area contributed by atoms with Crippen LogP contribution in [-0.4, -0.2) is 25.4 Å². The third-order valence-electron chi connectivity index (χ3n) is 4.57. The molecule has 1 amide bonds. The third-order valence-corrected chi connectivity index (χ3v) is 4.57. The Kier molecular flexibility index (Phi) is 5.06. The standard InChI is InChI=1S/C18H25NO4/c1-12(2)16-7-13(5-6-21-16)9-18(20)19-10-14-3-4-15-17(8-14)23-11-22-15/h3-4,8,12-13,16H,5-7,9-11H2,1-2H3,(H,19,20)/t13-,16-/m0/s1. The fraction of sp³-hybridized carbons (Fsp3) is 0.611. The fourth-order valence-electron chi connectivity index (χ4n) is 3.14. The summed E-state index contributed by atoms with van der Waals surface area (Å²) in [6, 6.07) is 5.76. The van der Waals surface area contributed by atoms with Crippen LogP contribution in [0.5, 0.6) is 11.5 Å². The molecule has 1 saturated heterocycles. The maximum absolute atomic E-state index is 12.2. The van der Waals surface area contributed by atoms with Crippen molar-refractivity contribution in [2.45, 2.75) is 45.8 Å². The fourth-order valence-corrected chi connectivity index (χ4v) is 3.14.